The van der Waals surface area contributed by atoms with Gasteiger partial charge in [0.05, 0.1) is 5.71 Å². The van der Waals surface area contributed by atoms with E-state index in [-0.39, 0.29) is 17.2 Å². The predicted molar refractivity (Wildman–Crippen MR) is 80.4 cm³/mol. The van der Waals surface area contributed by atoms with Crippen LogP contribution in [0.15, 0.2) is 35.4 Å². The van der Waals surface area contributed by atoms with Gasteiger partial charge in [-0.2, -0.15) is 5.10 Å². The lowest BCUT2D eigenvalue weighted by atomic mass is 9.90. The summed E-state index contributed by atoms with van der Waals surface area (Å²) in [5, 5.41) is 4.26. The van der Waals surface area contributed by atoms with Gasteiger partial charge in [-0.3, -0.25) is 4.79 Å². The summed E-state index contributed by atoms with van der Waals surface area (Å²) < 4.78 is 0. The molecule has 106 valence electrons. The lowest BCUT2D eigenvalue weighted by molar-refractivity contribution is -0.123. The quantitative estimate of drug-likeness (QED) is 0.664. The van der Waals surface area contributed by atoms with Crippen LogP contribution in [0.5, 0.6) is 0 Å². The second-order valence-corrected chi connectivity index (χ2v) is 6.38. The molecule has 2 fully saturated rings. The Balaban J connectivity index is 1.63. The average molecular weight is 270 g/mol. The number of amides is 1. The van der Waals surface area contributed by atoms with E-state index < -0.39 is 0 Å². The van der Waals surface area contributed by atoms with Crippen LogP contribution in [-0.4, -0.2) is 11.6 Å². The molecule has 2 aliphatic rings. The minimum absolute atomic E-state index is 0.106. The number of nitrogens with zero attached hydrogens (tertiary/aromatic N) is 1. The van der Waals surface area contributed by atoms with Gasteiger partial charge in [0.15, 0.2) is 0 Å². The molecule has 1 aromatic rings. The van der Waals surface area contributed by atoms with Gasteiger partial charge in [0, 0.05) is 5.92 Å². The van der Waals surface area contributed by atoms with Crippen LogP contribution in [-0.2, 0) is 4.79 Å². The van der Waals surface area contributed by atoms with E-state index in [4.69, 9.17) is 0 Å². The SMILES string of the molecule is C/C(=N/NC(=O)[C@@H]1[C@H]2CCCC[C@@]21C)c1ccccc1. The Labute approximate surface area is 120 Å². The smallest absolute Gasteiger partial charge is 0.244 e. The summed E-state index contributed by atoms with van der Waals surface area (Å²) >= 11 is 0. The lowest BCUT2D eigenvalue weighted by Gasteiger charge is -2.15. The zero-order valence-corrected chi connectivity index (χ0v) is 12.2. The minimum atomic E-state index is 0.106. The van der Waals surface area contributed by atoms with Crippen LogP contribution >= 0.6 is 0 Å². The highest BCUT2D eigenvalue weighted by Gasteiger charge is 2.64. The Hall–Kier alpha value is -1.64. The van der Waals surface area contributed by atoms with Crippen molar-refractivity contribution in [1.29, 1.82) is 0 Å². The van der Waals surface area contributed by atoms with Crippen LogP contribution in [0.25, 0.3) is 0 Å². The van der Waals surface area contributed by atoms with Crippen LogP contribution in [0.1, 0.15) is 45.1 Å². The number of nitrogens with one attached hydrogen (secondary N) is 1. The fourth-order valence-electron chi connectivity index (χ4n) is 3.80. The monoisotopic (exact) mass is 270 g/mol. The third-order valence-corrected chi connectivity index (χ3v) is 5.14. The molecule has 3 heteroatoms. The molecule has 3 atom stereocenters. The summed E-state index contributed by atoms with van der Waals surface area (Å²) in [5.41, 5.74) is 4.92. The van der Waals surface area contributed by atoms with E-state index in [2.05, 4.69) is 17.5 Å². The summed E-state index contributed by atoms with van der Waals surface area (Å²) in [7, 11) is 0. The standard InChI is InChI=1S/C17H22N2O/c1-12(13-8-4-3-5-9-13)18-19-16(20)15-14-10-6-7-11-17(14,15)2/h3-5,8-9,14-15H,6-7,10-11H2,1-2H3,(H,19,20)/b18-12-/t14-,15+,17+/m1/s1. The third kappa shape index (κ3) is 2.26. The fraction of sp³-hybridized carbons (Fsp3) is 0.529. The molecule has 1 N–H and O–H groups in total. The van der Waals surface area contributed by atoms with Crippen molar-refractivity contribution < 1.29 is 4.79 Å². The Morgan fingerprint density at radius 1 is 1.30 bits per heavy atom. The first kappa shape index (κ1) is 13.3. The molecular formula is C17H22N2O. The van der Waals surface area contributed by atoms with Gasteiger partial charge in [-0.25, -0.2) is 5.43 Å². The molecular weight excluding hydrogens is 248 g/mol. The van der Waals surface area contributed by atoms with E-state index in [1.165, 1.54) is 25.7 Å². The van der Waals surface area contributed by atoms with Gasteiger partial charge in [0.1, 0.15) is 0 Å². The Kier molecular flexibility index (Phi) is 3.36. The van der Waals surface area contributed by atoms with Gasteiger partial charge in [-0.1, -0.05) is 50.1 Å². The number of rotatable bonds is 3. The maximum absolute atomic E-state index is 12.3. The van der Waals surface area contributed by atoms with Gasteiger partial charge in [0.2, 0.25) is 5.91 Å². The molecule has 1 aromatic carbocycles. The normalized spacial score (nSPS) is 32.4. The van der Waals surface area contributed by atoms with Crippen molar-refractivity contribution in [1.82, 2.24) is 5.43 Å². The number of carbonyl (C=O) groups excluding carboxylic acids is 1. The Morgan fingerprint density at radius 3 is 2.70 bits per heavy atom. The molecule has 2 saturated carbocycles. The highest BCUT2D eigenvalue weighted by atomic mass is 16.2. The molecule has 0 spiro atoms. The zero-order chi connectivity index (χ0) is 14.2. The molecule has 0 unspecified atom stereocenters. The molecule has 1 amide bonds. The second kappa shape index (κ2) is 5.04. The van der Waals surface area contributed by atoms with Gasteiger partial charge in [0.25, 0.3) is 0 Å². The van der Waals surface area contributed by atoms with Crippen molar-refractivity contribution in [2.24, 2.45) is 22.4 Å². The molecule has 20 heavy (non-hydrogen) atoms. The maximum atomic E-state index is 12.3. The molecule has 0 saturated heterocycles. The van der Waals surface area contributed by atoms with Gasteiger partial charge in [-0.15, -0.1) is 0 Å². The summed E-state index contributed by atoms with van der Waals surface area (Å²) in [5.74, 6) is 0.871. The van der Waals surface area contributed by atoms with Crippen LogP contribution in [0.2, 0.25) is 0 Å². The molecule has 0 heterocycles. The van der Waals surface area contributed by atoms with E-state index in [9.17, 15) is 4.79 Å². The number of hydrogen-bond acceptors (Lipinski definition) is 2. The summed E-state index contributed by atoms with van der Waals surface area (Å²) in [6, 6.07) is 9.94. The first-order chi connectivity index (χ1) is 9.63. The van der Waals surface area contributed by atoms with E-state index in [1.807, 2.05) is 37.3 Å². The van der Waals surface area contributed by atoms with Crippen LogP contribution in [0, 0.1) is 17.3 Å². The molecule has 0 bridgehead atoms. The minimum Gasteiger partial charge on any atom is -0.273 e. The van der Waals surface area contributed by atoms with E-state index in [0.29, 0.717) is 5.92 Å². The predicted octanol–water partition coefficient (Wildman–Crippen LogP) is 3.35. The molecule has 3 nitrogen and oxygen atoms in total. The molecule has 0 aromatic heterocycles. The molecule has 0 aliphatic heterocycles. The van der Waals surface area contributed by atoms with E-state index >= 15 is 0 Å². The highest BCUT2D eigenvalue weighted by molar-refractivity contribution is 5.99. The first-order valence-corrected chi connectivity index (χ1v) is 7.52. The second-order valence-electron chi connectivity index (χ2n) is 6.38. The number of hydrazone groups is 1. The van der Waals surface area contributed by atoms with Crippen LogP contribution in [0.3, 0.4) is 0 Å². The number of hydrogen-bond donors (Lipinski definition) is 1. The molecule has 0 radical (unpaired) electrons. The fourth-order valence-corrected chi connectivity index (χ4v) is 3.80. The molecule has 2 aliphatic carbocycles. The van der Waals surface area contributed by atoms with Crippen LogP contribution < -0.4 is 5.43 Å². The zero-order valence-electron chi connectivity index (χ0n) is 12.2. The van der Waals surface area contributed by atoms with Crippen molar-refractivity contribution in [3.63, 3.8) is 0 Å². The largest absolute Gasteiger partial charge is 0.273 e. The summed E-state index contributed by atoms with van der Waals surface area (Å²) in [6.45, 7) is 4.19. The highest BCUT2D eigenvalue weighted by Crippen LogP contribution is 2.66. The maximum Gasteiger partial charge on any atom is 0.244 e. The van der Waals surface area contributed by atoms with Crippen molar-refractivity contribution in [3.05, 3.63) is 35.9 Å². The summed E-state index contributed by atoms with van der Waals surface area (Å²) in [6.07, 6.45) is 4.94. The van der Waals surface area contributed by atoms with Crippen molar-refractivity contribution >= 4 is 11.6 Å². The number of benzene rings is 1. The topological polar surface area (TPSA) is 41.5 Å². The van der Waals surface area contributed by atoms with Crippen LogP contribution in [0.4, 0.5) is 0 Å². The van der Waals surface area contributed by atoms with Gasteiger partial charge < -0.3 is 0 Å². The first-order valence-electron chi connectivity index (χ1n) is 7.52. The Morgan fingerprint density at radius 2 is 2.05 bits per heavy atom. The average Bonchev–Trinajstić information content (AvgIpc) is 3.11. The Bertz CT molecular complexity index is 537. The number of fused-ring (bicyclic) bond motifs is 1. The van der Waals surface area contributed by atoms with Gasteiger partial charge in [-0.05, 0) is 36.7 Å². The van der Waals surface area contributed by atoms with Crippen molar-refractivity contribution in [2.45, 2.75) is 39.5 Å². The molecule has 3 rings (SSSR count). The lowest BCUT2D eigenvalue weighted by Crippen LogP contribution is -2.23. The third-order valence-electron chi connectivity index (χ3n) is 5.14. The van der Waals surface area contributed by atoms with Crippen molar-refractivity contribution in [2.75, 3.05) is 0 Å². The van der Waals surface area contributed by atoms with Crippen molar-refractivity contribution in [3.8, 4) is 0 Å². The van der Waals surface area contributed by atoms with E-state index in [1.54, 1.807) is 0 Å². The summed E-state index contributed by atoms with van der Waals surface area (Å²) in [4.78, 5) is 12.3. The van der Waals surface area contributed by atoms with E-state index in [0.717, 1.165) is 11.3 Å². The number of carbonyl (C=O) groups is 1. The van der Waals surface area contributed by atoms with Gasteiger partial charge >= 0.3 is 0 Å².